The number of piperidine rings is 1. The van der Waals surface area contributed by atoms with E-state index in [9.17, 15) is 14.4 Å². The summed E-state index contributed by atoms with van der Waals surface area (Å²) in [6, 6.07) is 4.86. The molecule has 1 fully saturated rings. The molecule has 0 bridgehead atoms. The molecule has 25 heavy (non-hydrogen) atoms. The van der Waals surface area contributed by atoms with Crippen molar-refractivity contribution in [3.63, 3.8) is 0 Å². The van der Waals surface area contributed by atoms with Crippen LogP contribution >= 0.6 is 0 Å². The first-order chi connectivity index (χ1) is 11.7. The molecular formula is C19H21N3O3. The minimum absolute atomic E-state index is 0.112. The Morgan fingerprint density at radius 3 is 2.52 bits per heavy atom. The fourth-order valence-electron chi connectivity index (χ4n) is 2.93. The second-order valence-electron chi connectivity index (χ2n) is 7.38. The first-order valence-electron chi connectivity index (χ1n) is 8.25. The Kier molecular flexibility index (Phi) is 4.03. The van der Waals surface area contributed by atoms with E-state index in [2.05, 4.69) is 17.2 Å². The zero-order valence-corrected chi connectivity index (χ0v) is 14.8. The first kappa shape index (κ1) is 17.0. The van der Waals surface area contributed by atoms with Crippen molar-refractivity contribution in [2.45, 2.75) is 39.7 Å². The molecule has 1 aromatic carbocycles. The van der Waals surface area contributed by atoms with Crippen molar-refractivity contribution in [2.24, 2.45) is 12.5 Å². The third-order valence-corrected chi connectivity index (χ3v) is 4.19. The Morgan fingerprint density at radius 2 is 1.88 bits per heavy atom. The number of imide groups is 1. The summed E-state index contributed by atoms with van der Waals surface area (Å²) in [7, 11) is 1.67. The van der Waals surface area contributed by atoms with Gasteiger partial charge in [0.25, 0.3) is 0 Å². The fourth-order valence-corrected chi connectivity index (χ4v) is 2.93. The Hall–Kier alpha value is -2.81. The molecule has 1 aliphatic rings. The van der Waals surface area contributed by atoms with Crippen LogP contribution in [-0.2, 0) is 16.6 Å². The molecule has 0 spiro atoms. The number of carbonyl (C=O) groups is 2. The van der Waals surface area contributed by atoms with Gasteiger partial charge in [-0.3, -0.25) is 24.0 Å². The van der Waals surface area contributed by atoms with Crippen molar-refractivity contribution in [2.75, 3.05) is 0 Å². The number of hydrogen-bond acceptors (Lipinski definition) is 3. The SMILES string of the molecule is Cn1c(=O)n(C2CCC(=O)NC2=O)c2ccc(C#CC(C)(C)C)cc21. The van der Waals surface area contributed by atoms with Crippen LogP contribution in [0.2, 0.25) is 0 Å². The van der Waals surface area contributed by atoms with Gasteiger partial charge in [-0.15, -0.1) is 0 Å². The van der Waals surface area contributed by atoms with E-state index in [1.807, 2.05) is 39.0 Å². The number of benzene rings is 1. The number of hydrogen-bond donors (Lipinski definition) is 1. The van der Waals surface area contributed by atoms with Crippen LogP contribution in [-0.4, -0.2) is 20.9 Å². The lowest BCUT2D eigenvalue weighted by molar-refractivity contribution is -0.135. The molecule has 2 amide bonds. The second kappa shape index (κ2) is 5.92. The summed E-state index contributed by atoms with van der Waals surface area (Å²) < 4.78 is 2.99. The van der Waals surface area contributed by atoms with E-state index in [0.717, 1.165) is 11.1 Å². The maximum Gasteiger partial charge on any atom is 0.329 e. The molecule has 1 N–H and O–H groups in total. The van der Waals surface area contributed by atoms with Gasteiger partial charge in [0, 0.05) is 24.4 Å². The summed E-state index contributed by atoms with van der Waals surface area (Å²) in [6.07, 6.45) is 0.559. The number of rotatable bonds is 1. The third-order valence-electron chi connectivity index (χ3n) is 4.19. The van der Waals surface area contributed by atoms with Crippen LogP contribution in [0.4, 0.5) is 0 Å². The highest BCUT2D eigenvalue weighted by Gasteiger charge is 2.31. The number of aromatic nitrogens is 2. The van der Waals surface area contributed by atoms with Gasteiger partial charge in [-0.05, 0) is 45.4 Å². The van der Waals surface area contributed by atoms with Crippen molar-refractivity contribution < 1.29 is 9.59 Å². The molecule has 1 aliphatic heterocycles. The van der Waals surface area contributed by atoms with Crippen LogP contribution < -0.4 is 11.0 Å². The van der Waals surface area contributed by atoms with E-state index in [4.69, 9.17) is 0 Å². The minimum Gasteiger partial charge on any atom is -0.295 e. The summed E-state index contributed by atoms with van der Waals surface area (Å²) in [4.78, 5) is 36.2. The van der Waals surface area contributed by atoms with Crippen molar-refractivity contribution in [1.29, 1.82) is 0 Å². The van der Waals surface area contributed by atoms with E-state index in [-0.39, 0.29) is 23.4 Å². The van der Waals surface area contributed by atoms with Crippen molar-refractivity contribution in [3.05, 3.63) is 34.2 Å². The highest BCUT2D eigenvalue weighted by molar-refractivity contribution is 6.00. The molecule has 3 rings (SSSR count). The highest BCUT2D eigenvalue weighted by atomic mass is 16.2. The first-order valence-corrected chi connectivity index (χ1v) is 8.25. The summed E-state index contributed by atoms with van der Waals surface area (Å²) in [5, 5.41) is 2.31. The van der Waals surface area contributed by atoms with E-state index < -0.39 is 11.9 Å². The van der Waals surface area contributed by atoms with Crippen molar-refractivity contribution in [1.82, 2.24) is 14.5 Å². The summed E-state index contributed by atoms with van der Waals surface area (Å²) in [6.45, 7) is 6.11. The molecule has 6 heteroatoms. The topological polar surface area (TPSA) is 73.1 Å². The lowest BCUT2D eigenvalue weighted by Gasteiger charge is -2.21. The molecule has 130 valence electrons. The van der Waals surface area contributed by atoms with Crippen LogP contribution in [0.25, 0.3) is 11.0 Å². The Labute approximate surface area is 145 Å². The number of nitrogens with one attached hydrogen (secondary N) is 1. The maximum absolute atomic E-state index is 12.7. The highest BCUT2D eigenvalue weighted by Crippen LogP contribution is 2.23. The zero-order chi connectivity index (χ0) is 18.4. The largest absolute Gasteiger partial charge is 0.329 e. The van der Waals surface area contributed by atoms with E-state index in [0.29, 0.717) is 11.9 Å². The van der Waals surface area contributed by atoms with Gasteiger partial charge >= 0.3 is 5.69 Å². The molecule has 0 aliphatic carbocycles. The standard InChI is InChI=1S/C19H21N3O3/c1-19(2,3)10-9-12-5-6-13-15(11-12)21(4)18(25)22(13)14-7-8-16(23)20-17(14)24/h5-6,11,14H,7-8H2,1-4H3,(H,20,23,24). The molecule has 1 saturated heterocycles. The number of carbonyl (C=O) groups excluding carboxylic acids is 2. The molecule has 2 heterocycles. The Bertz CT molecular complexity index is 993. The van der Waals surface area contributed by atoms with Gasteiger partial charge in [-0.1, -0.05) is 11.8 Å². The number of amides is 2. The van der Waals surface area contributed by atoms with Crippen LogP contribution in [0, 0.1) is 17.3 Å². The smallest absolute Gasteiger partial charge is 0.295 e. The molecule has 2 aromatic rings. The summed E-state index contributed by atoms with van der Waals surface area (Å²) in [5.41, 5.74) is 1.82. The van der Waals surface area contributed by atoms with Crippen molar-refractivity contribution in [3.8, 4) is 11.8 Å². The normalized spacial score (nSPS) is 18.0. The van der Waals surface area contributed by atoms with Gasteiger partial charge in [0.05, 0.1) is 11.0 Å². The van der Waals surface area contributed by atoms with E-state index in [1.165, 1.54) is 9.13 Å². The number of nitrogens with zero attached hydrogens (tertiary/aromatic N) is 2. The lowest BCUT2D eigenvalue weighted by Crippen LogP contribution is -2.44. The van der Waals surface area contributed by atoms with Gasteiger partial charge in [0.2, 0.25) is 11.8 Å². The average molecular weight is 339 g/mol. The lowest BCUT2D eigenvalue weighted by atomic mass is 9.97. The predicted octanol–water partition coefficient (Wildman–Crippen LogP) is 1.72. The van der Waals surface area contributed by atoms with Crippen molar-refractivity contribution >= 4 is 22.8 Å². The number of imidazole rings is 1. The molecule has 0 radical (unpaired) electrons. The minimum atomic E-state index is -0.666. The number of fused-ring (bicyclic) bond motifs is 1. The second-order valence-corrected chi connectivity index (χ2v) is 7.38. The van der Waals surface area contributed by atoms with Gasteiger partial charge < -0.3 is 0 Å². The van der Waals surface area contributed by atoms with Gasteiger partial charge in [0.15, 0.2) is 0 Å². The molecular weight excluding hydrogens is 318 g/mol. The monoisotopic (exact) mass is 339 g/mol. The third kappa shape index (κ3) is 3.22. The van der Waals surface area contributed by atoms with Crippen LogP contribution in [0.1, 0.15) is 45.2 Å². The predicted molar refractivity (Wildman–Crippen MR) is 94.9 cm³/mol. The van der Waals surface area contributed by atoms with Crippen LogP contribution in [0.3, 0.4) is 0 Å². The van der Waals surface area contributed by atoms with E-state index >= 15 is 0 Å². The van der Waals surface area contributed by atoms with Crippen LogP contribution in [0.15, 0.2) is 23.0 Å². The Balaban J connectivity index is 2.11. The molecule has 1 atom stereocenters. The molecule has 1 aromatic heterocycles. The van der Waals surface area contributed by atoms with Gasteiger partial charge in [-0.2, -0.15) is 0 Å². The van der Waals surface area contributed by atoms with Gasteiger partial charge in [-0.25, -0.2) is 4.79 Å². The molecule has 6 nitrogen and oxygen atoms in total. The fraction of sp³-hybridized carbons (Fsp3) is 0.421. The summed E-state index contributed by atoms with van der Waals surface area (Å²) >= 11 is 0. The maximum atomic E-state index is 12.7. The zero-order valence-electron chi connectivity index (χ0n) is 14.8. The quantitative estimate of drug-likeness (QED) is 0.635. The molecule has 1 unspecified atom stereocenters. The Morgan fingerprint density at radius 1 is 1.16 bits per heavy atom. The van der Waals surface area contributed by atoms with E-state index in [1.54, 1.807) is 7.05 Å². The average Bonchev–Trinajstić information content (AvgIpc) is 2.77. The molecule has 0 saturated carbocycles. The van der Waals surface area contributed by atoms with Crippen LogP contribution in [0.5, 0.6) is 0 Å². The number of aryl methyl sites for hydroxylation is 1. The summed E-state index contributed by atoms with van der Waals surface area (Å²) in [5.74, 6) is 5.58. The van der Waals surface area contributed by atoms with Gasteiger partial charge in [0.1, 0.15) is 6.04 Å².